The molecule has 1 atom stereocenters. The highest BCUT2D eigenvalue weighted by molar-refractivity contribution is 6.36. The van der Waals surface area contributed by atoms with Gasteiger partial charge in [-0.3, -0.25) is 24.3 Å². The topological polar surface area (TPSA) is 108 Å². The second-order valence-electron chi connectivity index (χ2n) is 5.82. The van der Waals surface area contributed by atoms with E-state index in [9.17, 15) is 14.9 Å². The number of benzene rings is 1. The highest BCUT2D eigenvalue weighted by Crippen LogP contribution is 2.27. The fourth-order valence-electron chi connectivity index (χ4n) is 2.38. The monoisotopic (exact) mass is 442 g/mol. The van der Waals surface area contributed by atoms with E-state index in [-0.39, 0.29) is 23.1 Å². The lowest BCUT2D eigenvalue weighted by atomic mass is 10.2. The fourth-order valence-corrected chi connectivity index (χ4v) is 3.10. The van der Waals surface area contributed by atoms with Gasteiger partial charge in [0.05, 0.1) is 11.5 Å². The third-order valence-electron chi connectivity index (χ3n) is 3.92. The summed E-state index contributed by atoms with van der Waals surface area (Å²) in [5, 5.41) is 22.6. The molecule has 0 aliphatic heterocycles. The van der Waals surface area contributed by atoms with Gasteiger partial charge in [0.25, 0.3) is 0 Å². The number of hydrogen-bond donors (Lipinski definition) is 1. The van der Waals surface area contributed by atoms with Crippen LogP contribution in [0.1, 0.15) is 18.5 Å². The molecule has 12 heteroatoms. The predicted molar refractivity (Wildman–Crippen MR) is 105 cm³/mol. The van der Waals surface area contributed by atoms with Crippen LogP contribution in [0.25, 0.3) is 0 Å². The Morgan fingerprint density at radius 1 is 1.25 bits per heavy atom. The Balaban J connectivity index is 1.74. The van der Waals surface area contributed by atoms with Crippen molar-refractivity contribution in [2.75, 3.05) is 5.32 Å². The first kappa shape index (κ1) is 20.1. The van der Waals surface area contributed by atoms with Gasteiger partial charge in [-0.15, -0.1) is 0 Å². The Morgan fingerprint density at radius 3 is 2.54 bits per heavy atom. The minimum atomic E-state index is -0.812. The van der Waals surface area contributed by atoms with Crippen LogP contribution in [0.2, 0.25) is 15.1 Å². The van der Waals surface area contributed by atoms with Gasteiger partial charge in [0.15, 0.2) is 5.82 Å². The highest BCUT2D eigenvalue weighted by atomic mass is 35.5. The summed E-state index contributed by atoms with van der Waals surface area (Å²) in [7, 11) is 0. The van der Waals surface area contributed by atoms with Crippen molar-refractivity contribution in [1.29, 1.82) is 0 Å². The molecule has 1 aromatic carbocycles. The molecule has 28 heavy (non-hydrogen) atoms. The normalized spacial score (nSPS) is 12.0. The van der Waals surface area contributed by atoms with E-state index < -0.39 is 16.9 Å². The summed E-state index contributed by atoms with van der Waals surface area (Å²) in [6, 6.07) is 4.34. The SMILES string of the molecule is CC(C(=O)Nc1nn(Cc2c(Cl)cccc2Cl)cc1Cl)n1cc([N+](=O)[O-])cn1. The van der Waals surface area contributed by atoms with Gasteiger partial charge in [-0.2, -0.15) is 10.2 Å². The first-order valence-corrected chi connectivity index (χ1v) is 9.05. The van der Waals surface area contributed by atoms with Gasteiger partial charge in [-0.25, -0.2) is 0 Å². The van der Waals surface area contributed by atoms with E-state index in [4.69, 9.17) is 34.8 Å². The zero-order chi connectivity index (χ0) is 20.4. The summed E-state index contributed by atoms with van der Waals surface area (Å²) >= 11 is 18.5. The van der Waals surface area contributed by atoms with Gasteiger partial charge in [0.2, 0.25) is 5.91 Å². The standard InChI is InChI=1S/C16H13Cl3N6O3/c1-9(24-6-10(5-20-24)25(27)28)16(26)21-15-14(19)8-23(22-15)7-11-12(17)3-2-4-13(11)18/h2-6,8-9H,7H2,1H3,(H,21,22,26). The molecule has 0 spiro atoms. The first-order valence-electron chi connectivity index (χ1n) is 7.91. The average molecular weight is 444 g/mol. The second-order valence-corrected chi connectivity index (χ2v) is 7.05. The third-order valence-corrected chi connectivity index (χ3v) is 4.90. The van der Waals surface area contributed by atoms with Crippen LogP contribution in [-0.2, 0) is 11.3 Å². The van der Waals surface area contributed by atoms with E-state index in [2.05, 4.69) is 15.5 Å². The van der Waals surface area contributed by atoms with Crippen molar-refractivity contribution < 1.29 is 9.72 Å². The molecule has 9 nitrogen and oxygen atoms in total. The van der Waals surface area contributed by atoms with E-state index in [0.717, 1.165) is 6.20 Å². The molecule has 2 aromatic heterocycles. The lowest BCUT2D eigenvalue weighted by molar-refractivity contribution is -0.385. The maximum Gasteiger partial charge on any atom is 0.307 e. The van der Waals surface area contributed by atoms with Gasteiger partial charge in [0, 0.05) is 21.8 Å². The molecule has 0 saturated carbocycles. The first-order chi connectivity index (χ1) is 13.3. The van der Waals surface area contributed by atoms with Gasteiger partial charge in [0.1, 0.15) is 23.5 Å². The van der Waals surface area contributed by atoms with Crippen LogP contribution in [0.15, 0.2) is 36.8 Å². The molecule has 1 amide bonds. The Hall–Kier alpha value is -2.62. The Kier molecular flexibility index (Phi) is 5.87. The number of nitrogens with zero attached hydrogens (tertiary/aromatic N) is 5. The lowest BCUT2D eigenvalue weighted by Gasteiger charge is -2.11. The van der Waals surface area contributed by atoms with Crippen LogP contribution in [-0.4, -0.2) is 30.4 Å². The molecule has 2 heterocycles. The lowest BCUT2D eigenvalue weighted by Crippen LogP contribution is -2.24. The van der Waals surface area contributed by atoms with Gasteiger partial charge in [-0.05, 0) is 19.1 Å². The molecule has 0 radical (unpaired) electrons. The molecule has 0 saturated heterocycles. The molecular weight excluding hydrogens is 431 g/mol. The number of aromatic nitrogens is 4. The Bertz CT molecular complexity index is 1030. The number of hydrogen-bond acceptors (Lipinski definition) is 5. The summed E-state index contributed by atoms with van der Waals surface area (Å²) in [4.78, 5) is 22.6. The van der Waals surface area contributed by atoms with Crippen molar-refractivity contribution in [3.63, 3.8) is 0 Å². The quantitative estimate of drug-likeness (QED) is 0.454. The van der Waals surface area contributed by atoms with Crippen LogP contribution in [0.4, 0.5) is 11.5 Å². The largest absolute Gasteiger partial charge is 0.307 e. The van der Waals surface area contributed by atoms with Crippen molar-refractivity contribution in [3.05, 3.63) is 67.5 Å². The summed E-state index contributed by atoms with van der Waals surface area (Å²) < 4.78 is 2.68. The molecule has 1 N–H and O–H groups in total. The van der Waals surface area contributed by atoms with Gasteiger partial charge in [-0.1, -0.05) is 40.9 Å². The van der Waals surface area contributed by atoms with E-state index in [1.165, 1.54) is 21.8 Å². The van der Waals surface area contributed by atoms with Crippen molar-refractivity contribution in [1.82, 2.24) is 19.6 Å². The zero-order valence-corrected chi connectivity index (χ0v) is 16.6. The third kappa shape index (κ3) is 4.27. The summed E-state index contributed by atoms with van der Waals surface area (Å²) in [5.74, 6) is -0.343. The molecule has 146 valence electrons. The number of carbonyl (C=O) groups is 1. The van der Waals surface area contributed by atoms with E-state index in [0.29, 0.717) is 15.6 Å². The maximum atomic E-state index is 12.4. The highest BCUT2D eigenvalue weighted by Gasteiger charge is 2.21. The van der Waals surface area contributed by atoms with Crippen molar-refractivity contribution in [2.24, 2.45) is 0 Å². The molecule has 0 aliphatic rings. The number of nitro groups is 1. The number of anilines is 1. The number of rotatable bonds is 6. The van der Waals surface area contributed by atoms with Crippen molar-refractivity contribution in [3.8, 4) is 0 Å². The maximum absolute atomic E-state index is 12.4. The van der Waals surface area contributed by atoms with Crippen LogP contribution in [0.3, 0.4) is 0 Å². The van der Waals surface area contributed by atoms with E-state index in [1.54, 1.807) is 25.1 Å². The van der Waals surface area contributed by atoms with Crippen LogP contribution in [0.5, 0.6) is 0 Å². The number of nitrogens with one attached hydrogen (secondary N) is 1. The molecule has 1 unspecified atom stereocenters. The summed E-state index contributed by atoms with van der Waals surface area (Å²) in [5.41, 5.74) is 0.457. The predicted octanol–water partition coefficient (Wildman–Crippen LogP) is 4.20. The number of carbonyl (C=O) groups excluding carboxylic acids is 1. The molecule has 0 fully saturated rings. The molecule has 3 rings (SSSR count). The van der Waals surface area contributed by atoms with Gasteiger partial charge < -0.3 is 5.32 Å². The van der Waals surface area contributed by atoms with Crippen LogP contribution >= 0.6 is 34.8 Å². The van der Waals surface area contributed by atoms with Gasteiger partial charge >= 0.3 is 5.69 Å². The fraction of sp³-hybridized carbons (Fsp3) is 0.188. The Morgan fingerprint density at radius 2 is 1.93 bits per heavy atom. The summed E-state index contributed by atoms with van der Waals surface area (Å²) in [6.07, 6.45) is 3.77. The molecule has 0 bridgehead atoms. The molecular formula is C16H13Cl3N6O3. The smallest absolute Gasteiger partial charge is 0.306 e. The second kappa shape index (κ2) is 8.17. The van der Waals surface area contributed by atoms with E-state index >= 15 is 0 Å². The average Bonchev–Trinajstić information content (AvgIpc) is 3.25. The number of halogens is 3. The van der Waals surface area contributed by atoms with E-state index in [1.807, 2.05) is 0 Å². The minimum absolute atomic E-state index is 0.142. The Labute approximate surface area is 173 Å². The zero-order valence-electron chi connectivity index (χ0n) is 14.3. The molecule has 3 aromatic rings. The van der Waals surface area contributed by atoms with Crippen LogP contribution in [0, 0.1) is 10.1 Å². The minimum Gasteiger partial charge on any atom is -0.306 e. The van der Waals surface area contributed by atoms with Crippen LogP contribution < -0.4 is 5.32 Å². The number of amides is 1. The van der Waals surface area contributed by atoms with Crippen molar-refractivity contribution >= 4 is 52.2 Å². The molecule has 0 aliphatic carbocycles. The van der Waals surface area contributed by atoms with Crippen molar-refractivity contribution in [2.45, 2.75) is 19.5 Å². The summed E-state index contributed by atoms with van der Waals surface area (Å²) in [6.45, 7) is 1.80.